The Balaban J connectivity index is 2.00. The number of fused-ring (bicyclic) bond motifs is 1. The molecule has 2 heterocycles. The molecule has 0 aromatic heterocycles. The highest BCUT2D eigenvalue weighted by Crippen LogP contribution is 2.50. The van der Waals surface area contributed by atoms with E-state index in [1.165, 1.54) is 0 Å². The van der Waals surface area contributed by atoms with E-state index in [9.17, 15) is 9.90 Å². The number of carboxylic acids is 1. The molecule has 1 N–H and O–H groups in total. The van der Waals surface area contributed by atoms with Gasteiger partial charge in [0.05, 0.1) is 12.8 Å². The van der Waals surface area contributed by atoms with Crippen LogP contribution < -0.4 is 9.64 Å². The number of hydrogen-bond acceptors (Lipinski definition) is 3. The third kappa shape index (κ3) is 1.40. The molecule has 1 unspecified atom stereocenters. The van der Waals surface area contributed by atoms with Crippen molar-refractivity contribution in [2.45, 2.75) is 24.9 Å². The Morgan fingerprint density at radius 1 is 1.41 bits per heavy atom. The molecule has 2 aliphatic heterocycles. The van der Waals surface area contributed by atoms with Gasteiger partial charge in [0.25, 0.3) is 0 Å². The smallest absolute Gasteiger partial charge is 0.326 e. The SMILES string of the molecule is COc1ccccc1N1C2CC(C2)C1C(=O)O. The van der Waals surface area contributed by atoms with Gasteiger partial charge in [-0.3, -0.25) is 0 Å². The predicted molar refractivity (Wildman–Crippen MR) is 63.4 cm³/mol. The zero-order valence-electron chi connectivity index (χ0n) is 9.67. The second-order valence-corrected chi connectivity index (χ2v) is 4.75. The van der Waals surface area contributed by atoms with Crippen molar-refractivity contribution in [2.75, 3.05) is 12.0 Å². The Bertz CT molecular complexity index is 454. The van der Waals surface area contributed by atoms with E-state index in [1.807, 2.05) is 29.2 Å². The Kier molecular flexibility index (Phi) is 2.24. The maximum Gasteiger partial charge on any atom is 0.326 e. The van der Waals surface area contributed by atoms with Gasteiger partial charge in [0, 0.05) is 6.04 Å². The van der Waals surface area contributed by atoms with Gasteiger partial charge in [-0.2, -0.15) is 0 Å². The van der Waals surface area contributed by atoms with Gasteiger partial charge in [-0.15, -0.1) is 0 Å². The molecule has 0 radical (unpaired) electrons. The van der Waals surface area contributed by atoms with E-state index < -0.39 is 5.97 Å². The first-order valence-corrected chi connectivity index (χ1v) is 5.86. The van der Waals surface area contributed by atoms with Crippen LogP contribution in [0.1, 0.15) is 12.8 Å². The van der Waals surface area contributed by atoms with Crippen LogP contribution in [0.3, 0.4) is 0 Å². The Labute approximate surface area is 99.8 Å². The highest BCUT2D eigenvalue weighted by atomic mass is 16.5. The van der Waals surface area contributed by atoms with Crippen LogP contribution >= 0.6 is 0 Å². The fraction of sp³-hybridized carbons (Fsp3) is 0.462. The zero-order chi connectivity index (χ0) is 12.0. The minimum Gasteiger partial charge on any atom is -0.495 e. The predicted octanol–water partition coefficient (Wildman–Crippen LogP) is 1.75. The van der Waals surface area contributed by atoms with Gasteiger partial charge in [-0.25, -0.2) is 4.79 Å². The van der Waals surface area contributed by atoms with Gasteiger partial charge < -0.3 is 14.7 Å². The number of nitrogens with zero attached hydrogens (tertiary/aromatic N) is 1. The minimum atomic E-state index is -0.721. The molecule has 90 valence electrons. The summed E-state index contributed by atoms with van der Waals surface area (Å²) in [4.78, 5) is 13.4. The van der Waals surface area contributed by atoms with Crippen molar-refractivity contribution in [1.82, 2.24) is 0 Å². The van der Waals surface area contributed by atoms with Crippen molar-refractivity contribution < 1.29 is 14.6 Å². The van der Waals surface area contributed by atoms with Crippen LogP contribution in [0.25, 0.3) is 0 Å². The van der Waals surface area contributed by atoms with Crippen molar-refractivity contribution in [2.24, 2.45) is 5.92 Å². The molecular formula is C13H15NO3. The lowest BCUT2D eigenvalue weighted by atomic mass is 9.83. The van der Waals surface area contributed by atoms with Gasteiger partial charge in [0.1, 0.15) is 11.8 Å². The van der Waals surface area contributed by atoms with Crippen LogP contribution in [0.2, 0.25) is 0 Å². The van der Waals surface area contributed by atoms with E-state index in [-0.39, 0.29) is 6.04 Å². The average molecular weight is 233 g/mol. The Morgan fingerprint density at radius 2 is 2.12 bits per heavy atom. The fourth-order valence-electron chi connectivity index (χ4n) is 3.08. The zero-order valence-corrected chi connectivity index (χ0v) is 9.67. The molecular weight excluding hydrogens is 218 g/mol. The quantitative estimate of drug-likeness (QED) is 0.864. The average Bonchev–Trinajstić information content (AvgIpc) is 2.82. The van der Waals surface area contributed by atoms with Crippen LogP contribution in [0, 0.1) is 5.92 Å². The number of aliphatic carboxylic acids is 1. The van der Waals surface area contributed by atoms with Crippen molar-refractivity contribution in [1.29, 1.82) is 0 Å². The summed E-state index contributed by atoms with van der Waals surface area (Å²) in [5.41, 5.74) is 0.910. The summed E-state index contributed by atoms with van der Waals surface area (Å²) in [6.07, 6.45) is 1.99. The molecule has 1 saturated carbocycles. The molecule has 17 heavy (non-hydrogen) atoms. The highest BCUT2D eigenvalue weighted by Gasteiger charge is 2.54. The normalized spacial score (nSPS) is 29.9. The molecule has 1 aliphatic carbocycles. The molecule has 4 rings (SSSR count). The molecule has 2 bridgehead atoms. The number of carbonyl (C=O) groups is 1. The molecule has 3 aliphatic rings. The molecule has 1 atom stereocenters. The van der Waals surface area contributed by atoms with Crippen molar-refractivity contribution in [3.63, 3.8) is 0 Å². The maximum atomic E-state index is 11.3. The number of ether oxygens (including phenoxy) is 1. The monoisotopic (exact) mass is 233 g/mol. The standard InChI is InChI=1S/C13H15NO3/c1-17-11-5-3-2-4-10(11)14-9-6-8(7-9)12(14)13(15)16/h2-5,8-9,12H,6-7H2,1H3,(H,15,16). The number of hydrogen-bond donors (Lipinski definition) is 1. The number of rotatable bonds is 3. The summed E-state index contributed by atoms with van der Waals surface area (Å²) in [6.45, 7) is 0. The number of anilines is 1. The van der Waals surface area contributed by atoms with E-state index in [0.717, 1.165) is 24.3 Å². The largest absolute Gasteiger partial charge is 0.495 e. The molecule has 2 saturated heterocycles. The lowest BCUT2D eigenvalue weighted by Crippen LogP contribution is -2.36. The van der Waals surface area contributed by atoms with E-state index in [1.54, 1.807) is 7.11 Å². The van der Waals surface area contributed by atoms with Crippen LogP contribution in [-0.2, 0) is 4.79 Å². The van der Waals surface area contributed by atoms with Crippen LogP contribution in [0.4, 0.5) is 5.69 Å². The van der Waals surface area contributed by atoms with E-state index in [0.29, 0.717) is 12.0 Å². The first-order valence-electron chi connectivity index (χ1n) is 5.86. The highest BCUT2D eigenvalue weighted by molar-refractivity contribution is 5.82. The summed E-state index contributed by atoms with van der Waals surface area (Å²) in [5, 5.41) is 9.32. The minimum absolute atomic E-state index is 0.308. The molecule has 0 amide bonds. The third-order valence-corrected chi connectivity index (χ3v) is 3.91. The van der Waals surface area contributed by atoms with Gasteiger partial charge in [0.2, 0.25) is 0 Å². The van der Waals surface area contributed by atoms with Crippen molar-refractivity contribution in [3.8, 4) is 5.75 Å². The van der Waals surface area contributed by atoms with Crippen LogP contribution in [-0.4, -0.2) is 30.3 Å². The summed E-state index contributed by atoms with van der Waals surface area (Å²) in [7, 11) is 1.62. The summed E-state index contributed by atoms with van der Waals surface area (Å²) < 4.78 is 5.32. The second kappa shape index (κ2) is 3.65. The third-order valence-electron chi connectivity index (χ3n) is 3.91. The summed E-state index contributed by atoms with van der Waals surface area (Å²) in [6, 6.07) is 7.64. The lowest BCUT2D eigenvalue weighted by Gasteiger charge is -2.28. The number of benzene rings is 1. The second-order valence-electron chi connectivity index (χ2n) is 4.75. The fourth-order valence-corrected chi connectivity index (χ4v) is 3.08. The molecule has 1 aromatic rings. The topological polar surface area (TPSA) is 49.8 Å². The Hall–Kier alpha value is -1.71. The molecule has 3 fully saturated rings. The van der Waals surface area contributed by atoms with Gasteiger partial charge in [0.15, 0.2) is 0 Å². The van der Waals surface area contributed by atoms with E-state index >= 15 is 0 Å². The van der Waals surface area contributed by atoms with Crippen LogP contribution in [0.15, 0.2) is 24.3 Å². The van der Waals surface area contributed by atoms with Gasteiger partial charge >= 0.3 is 5.97 Å². The Morgan fingerprint density at radius 3 is 2.76 bits per heavy atom. The summed E-state index contributed by atoms with van der Waals surface area (Å²) in [5.74, 6) is 0.342. The van der Waals surface area contributed by atoms with E-state index in [4.69, 9.17) is 4.74 Å². The molecule has 4 nitrogen and oxygen atoms in total. The molecule has 0 spiro atoms. The number of carboxylic acid groups (broad SMARTS) is 1. The number of methoxy groups -OCH3 is 1. The van der Waals surface area contributed by atoms with E-state index in [2.05, 4.69) is 0 Å². The maximum absolute atomic E-state index is 11.3. The lowest BCUT2D eigenvalue weighted by molar-refractivity contribution is -0.139. The first kappa shape index (κ1) is 10.4. The van der Waals surface area contributed by atoms with Crippen molar-refractivity contribution in [3.05, 3.63) is 24.3 Å². The summed E-state index contributed by atoms with van der Waals surface area (Å²) >= 11 is 0. The molecule has 1 aromatic carbocycles. The van der Waals surface area contributed by atoms with Gasteiger partial charge in [-0.1, -0.05) is 12.1 Å². The van der Waals surface area contributed by atoms with Crippen molar-refractivity contribution >= 4 is 11.7 Å². The van der Waals surface area contributed by atoms with Gasteiger partial charge in [-0.05, 0) is 30.9 Å². The first-order chi connectivity index (χ1) is 8.22. The molecule has 4 heteroatoms. The number of para-hydroxylation sites is 2. The van der Waals surface area contributed by atoms with Crippen LogP contribution in [0.5, 0.6) is 5.75 Å².